The van der Waals surface area contributed by atoms with Crippen LogP contribution >= 0.6 is 7.14 Å². The van der Waals surface area contributed by atoms with Crippen LogP contribution in [0.5, 0.6) is 0 Å². The largest absolute Gasteiger partial charge is 0.309 e. The van der Waals surface area contributed by atoms with Gasteiger partial charge in [0.25, 0.3) is 0 Å². The van der Waals surface area contributed by atoms with Crippen molar-refractivity contribution in [3.8, 4) is 11.1 Å². The summed E-state index contributed by atoms with van der Waals surface area (Å²) in [4.78, 5) is 8.66. The van der Waals surface area contributed by atoms with Crippen LogP contribution in [0.15, 0.2) is 128 Å². The molecule has 196 valence electrons. The molecule has 2 aromatic heterocycles. The van der Waals surface area contributed by atoms with E-state index in [0.29, 0.717) is 10.6 Å². The average Bonchev–Trinajstić information content (AvgIpc) is 3.26. The molecule has 8 rings (SSSR count). The first-order valence-electron chi connectivity index (χ1n) is 13.9. The number of benzene rings is 5. The van der Waals surface area contributed by atoms with Crippen molar-refractivity contribution in [3.63, 3.8) is 0 Å². The number of hydrogen-bond donors (Lipinski definition) is 0. The Hall–Kier alpha value is -4.59. The van der Waals surface area contributed by atoms with Crippen LogP contribution in [-0.4, -0.2) is 9.97 Å². The Labute approximate surface area is 238 Å². The Morgan fingerprint density at radius 2 is 1.02 bits per heavy atom. The van der Waals surface area contributed by atoms with Gasteiger partial charge in [0.2, 0.25) is 0 Å². The molecule has 0 aliphatic heterocycles. The van der Waals surface area contributed by atoms with Crippen LogP contribution in [0, 0.1) is 0 Å². The lowest BCUT2D eigenvalue weighted by Gasteiger charge is -2.23. The first kappa shape index (κ1) is 24.2. The molecule has 1 aliphatic rings. The van der Waals surface area contributed by atoms with E-state index in [2.05, 4.69) is 103 Å². The van der Waals surface area contributed by atoms with Crippen molar-refractivity contribution in [2.24, 2.45) is 0 Å². The highest BCUT2D eigenvalue weighted by Crippen LogP contribution is 2.52. The van der Waals surface area contributed by atoms with E-state index in [0.717, 1.165) is 10.9 Å². The molecule has 2 heterocycles. The maximum atomic E-state index is 15.1. The van der Waals surface area contributed by atoms with E-state index in [-0.39, 0.29) is 5.41 Å². The van der Waals surface area contributed by atoms with Gasteiger partial charge in [0.05, 0.1) is 0 Å². The summed E-state index contributed by atoms with van der Waals surface area (Å²) in [5.41, 5.74) is 4.72. The molecule has 0 fully saturated rings. The number of aromatic nitrogens is 2. The van der Waals surface area contributed by atoms with Crippen LogP contribution < -0.4 is 15.9 Å². The zero-order valence-corrected chi connectivity index (χ0v) is 23.8. The number of fused-ring (bicyclic) bond motifs is 9. The SMILES string of the molecule is CC1(C)c2ccc(P(=O)(c3cccnc3)c3cccnc3)cc2-c2cc3c4ccccc4c4ccccc4c3cc21. The topological polar surface area (TPSA) is 42.9 Å². The second kappa shape index (κ2) is 8.70. The van der Waals surface area contributed by atoms with Crippen molar-refractivity contribution in [1.82, 2.24) is 9.97 Å². The van der Waals surface area contributed by atoms with Gasteiger partial charge in [0.15, 0.2) is 7.14 Å². The third-order valence-corrected chi connectivity index (χ3v) is 11.9. The van der Waals surface area contributed by atoms with E-state index in [4.69, 9.17) is 0 Å². The number of hydrogen-bond acceptors (Lipinski definition) is 3. The zero-order valence-electron chi connectivity index (χ0n) is 22.9. The van der Waals surface area contributed by atoms with Gasteiger partial charge in [0, 0.05) is 46.1 Å². The second-order valence-corrected chi connectivity index (χ2v) is 14.2. The van der Waals surface area contributed by atoms with E-state index < -0.39 is 7.14 Å². The number of rotatable bonds is 3. The molecule has 4 heteroatoms. The predicted octanol–water partition coefficient (Wildman–Crippen LogP) is 7.88. The molecule has 0 unspecified atom stereocenters. The molecule has 41 heavy (non-hydrogen) atoms. The Balaban J connectivity index is 1.44. The molecule has 0 atom stereocenters. The lowest BCUT2D eigenvalue weighted by Crippen LogP contribution is -2.26. The van der Waals surface area contributed by atoms with Crippen LogP contribution in [0.2, 0.25) is 0 Å². The molecule has 1 aliphatic carbocycles. The first-order valence-corrected chi connectivity index (χ1v) is 15.6. The Kier molecular flexibility index (Phi) is 5.14. The zero-order chi connectivity index (χ0) is 27.8. The van der Waals surface area contributed by atoms with E-state index >= 15 is 4.57 Å². The van der Waals surface area contributed by atoms with Gasteiger partial charge in [-0.15, -0.1) is 0 Å². The van der Waals surface area contributed by atoms with Gasteiger partial charge in [-0.05, 0) is 97.0 Å². The summed E-state index contributed by atoms with van der Waals surface area (Å²) < 4.78 is 15.1. The van der Waals surface area contributed by atoms with Crippen molar-refractivity contribution in [3.05, 3.63) is 139 Å². The van der Waals surface area contributed by atoms with E-state index in [1.165, 1.54) is 49.0 Å². The van der Waals surface area contributed by atoms with Crippen LogP contribution in [0.25, 0.3) is 43.4 Å². The van der Waals surface area contributed by atoms with Gasteiger partial charge in [-0.2, -0.15) is 0 Å². The normalized spacial score (nSPS) is 13.9. The van der Waals surface area contributed by atoms with Crippen LogP contribution in [0.3, 0.4) is 0 Å². The summed E-state index contributed by atoms with van der Waals surface area (Å²) in [5, 5.41) is 9.80. The monoisotopic (exact) mass is 546 g/mol. The standard InChI is InChI=1S/C37H27N2OP/c1-37(2)35-16-15-24(41(40,25-9-7-17-38-22-25)26-10-8-18-39-23-26)19-33(35)34-20-31-29-13-5-3-11-27(29)28-12-4-6-14-30(28)32(31)21-36(34)37/h3-23H,1-2H3. The minimum atomic E-state index is -3.21. The Bertz CT molecular complexity index is 2160. The molecule has 0 spiro atoms. The summed E-state index contributed by atoms with van der Waals surface area (Å²) in [5.74, 6) is 0. The van der Waals surface area contributed by atoms with Gasteiger partial charge in [-0.25, -0.2) is 0 Å². The van der Waals surface area contributed by atoms with Gasteiger partial charge in [-0.1, -0.05) is 74.5 Å². The van der Waals surface area contributed by atoms with Crippen molar-refractivity contribution < 1.29 is 4.57 Å². The molecule has 0 saturated carbocycles. The van der Waals surface area contributed by atoms with Gasteiger partial charge in [-0.3, -0.25) is 9.97 Å². The maximum Gasteiger partial charge on any atom is 0.174 e. The lowest BCUT2D eigenvalue weighted by atomic mass is 9.81. The van der Waals surface area contributed by atoms with Gasteiger partial charge in [0.1, 0.15) is 0 Å². The highest BCUT2D eigenvalue weighted by atomic mass is 31.2. The van der Waals surface area contributed by atoms with Gasteiger partial charge >= 0.3 is 0 Å². The molecular weight excluding hydrogens is 519 g/mol. The summed E-state index contributed by atoms with van der Waals surface area (Å²) >= 11 is 0. The minimum Gasteiger partial charge on any atom is -0.309 e. The molecule has 0 bridgehead atoms. The molecule has 0 amide bonds. The lowest BCUT2D eigenvalue weighted by molar-refractivity contribution is 0.592. The van der Waals surface area contributed by atoms with Crippen molar-refractivity contribution in [1.29, 1.82) is 0 Å². The molecule has 5 aromatic carbocycles. The van der Waals surface area contributed by atoms with Gasteiger partial charge < -0.3 is 4.57 Å². The highest BCUT2D eigenvalue weighted by Gasteiger charge is 2.38. The summed E-state index contributed by atoms with van der Waals surface area (Å²) in [7, 11) is -3.21. The van der Waals surface area contributed by atoms with Crippen LogP contribution in [0.1, 0.15) is 25.0 Å². The highest BCUT2D eigenvalue weighted by molar-refractivity contribution is 7.85. The number of pyridine rings is 2. The van der Waals surface area contributed by atoms with Crippen LogP contribution in [-0.2, 0) is 9.98 Å². The quantitative estimate of drug-likeness (QED) is 0.167. The average molecular weight is 547 g/mol. The fourth-order valence-electron chi connectivity index (χ4n) is 6.86. The third kappa shape index (κ3) is 3.36. The molecule has 3 nitrogen and oxygen atoms in total. The van der Waals surface area contributed by atoms with Crippen molar-refractivity contribution in [2.75, 3.05) is 0 Å². The van der Waals surface area contributed by atoms with Crippen molar-refractivity contribution >= 4 is 55.4 Å². The third-order valence-electron chi connectivity index (χ3n) is 8.91. The molecule has 7 aromatic rings. The number of nitrogens with zero attached hydrogens (tertiary/aromatic N) is 2. The predicted molar refractivity (Wildman–Crippen MR) is 172 cm³/mol. The fourth-order valence-corrected chi connectivity index (χ4v) is 9.40. The summed E-state index contributed by atoms with van der Waals surface area (Å²) in [6.45, 7) is 4.60. The Morgan fingerprint density at radius 3 is 1.56 bits per heavy atom. The fraction of sp³-hybridized carbons (Fsp3) is 0.0811. The van der Waals surface area contributed by atoms with E-state index in [1.54, 1.807) is 24.8 Å². The summed E-state index contributed by atoms with van der Waals surface area (Å²) in [6, 6.07) is 36.1. The molecule has 0 saturated heterocycles. The van der Waals surface area contributed by atoms with E-state index in [1.807, 2.05) is 24.3 Å². The maximum absolute atomic E-state index is 15.1. The summed E-state index contributed by atoms with van der Waals surface area (Å²) in [6.07, 6.45) is 6.89. The smallest absolute Gasteiger partial charge is 0.174 e. The first-order chi connectivity index (χ1) is 20.0. The second-order valence-electron chi connectivity index (χ2n) is 11.4. The minimum absolute atomic E-state index is 0.198. The molecular formula is C37H27N2OP. The van der Waals surface area contributed by atoms with Crippen LogP contribution in [0.4, 0.5) is 0 Å². The van der Waals surface area contributed by atoms with Crippen molar-refractivity contribution in [2.45, 2.75) is 19.3 Å². The van der Waals surface area contributed by atoms with E-state index in [9.17, 15) is 0 Å². The molecule has 0 radical (unpaired) electrons. The molecule has 0 N–H and O–H groups in total. The Morgan fingerprint density at radius 1 is 0.512 bits per heavy atom.